The van der Waals surface area contributed by atoms with Crippen LogP contribution in [0.25, 0.3) is 0 Å². The average Bonchev–Trinajstić information content (AvgIpc) is 3.04. The highest BCUT2D eigenvalue weighted by Crippen LogP contribution is 2.48. The summed E-state index contributed by atoms with van der Waals surface area (Å²) in [6.45, 7) is 0. The molecule has 5 atom stereocenters. The Labute approximate surface area is 194 Å². The van der Waals surface area contributed by atoms with Crippen molar-refractivity contribution < 1.29 is 24.1 Å². The lowest BCUT2D eigenvalue weighted by Crippen LogP contribution is -2.44. The number of alkyl halides is 1. The molecule has 2 aromatic rings. The highest BCUT2D eigenvalue weighted by atomic mass is 19.1. The van der Waals surface area contributed by atoms with E-state index in [9.17, 15) is 15.0 Å². The number of benzene rings is 2. The number of hydrogen-bond donors (Lipinski definition) is 2. The van der Waals surface area contributed by atoms with Gasteiger partial charge in [-0.25, -0.2) is 9.18 Å². The summed E-state index contributed by atoms with van der Waals surface area (Å²) in [4.78, 5) is 11.4. The van der Waals surface area contributed by atoms with Crippen molar-refractivity contribution >= 4 is 5.97 Å². The third kappa shape index (κ3) is 4.08. The molecule has 1 aliphatic heterocycles. The number of fused-ring (bicyclic) bond motifs is 2. The summed E-state index contributed by atoms with van der Waals surface area (Å²) >= 11 is 0. The summed E-state index contributed by atoms with van der Waals surface area (Å²) in [6.07, 6.45) is 7.51. The second-order valence-corrected chi connectivity index (χ2v) is 9.87. The van der Waals surface area contributed by atoms with E-state index in [1.807, 2.05) is 36.4 Å². The molecule has 1 heterocycles. The Morgan fingerprint density at radius 1 is 1.15 bits per heavy atom. The van der Waals surface area contributed by atoms with E-state index in [-0.39, 0.29) is 35.3 Å². The third-order valence-electron chi connectivity index (χ3n) is 8.10. The number of aromatic carboxylic acids is 1. The summed E-state index contributed by atoms with van der Waals surface area (Å²) in [5, 5.41) is 20.5. The number of ether oxygens (including phenoxy) is 1. The highest BCUT2D eigenvalue weighted by molar-refractivity contribution is 5.88. The molecule has 4 nitrogen and oxygen atoms in total. The number of allylic oxidation sites excluding steroid dienone is 1. The molecular weight excluding hydrogens is 419 g/mol. The zero-order chi connectivity index (χ0) is 23.0. The topological polar surface area (TPSA) is 66.8 Å². The maximum atomic E-state index is 15.2. The fourth-order valence-electron chi connectivity index (χ4n) is 6.04. The van der Waals surface area contributed by atoms with E-state index in [1.54, 1.807) is 12.1 Å². The Bertz CT molecular complexity index is 1030. The fourth-order valence-corrected chi connectivity index (χ4v) is 6.04. The zero-order valence-corrected chi connectivity index (χ0v) is 18.7. The van der Waals surface area contributed by atoms with E-state index in [0.29, 0.717) is 5.75 Å². The molecule has 0 aromatic heterocycles. The minimum absolute atomic E-state index is 0.0131. The number of aryl methyl sites for hydroxylation is 1. The quantitative estimate of drug-likeness (QED) is 0.592. The van der Waals surface area contributed by atoms with Gasteiger partial charge in [-0.3, -0.25) is 0 Å². The lowest BCUT2D eigenvalue weighted by atomic mass is 9.61. The van der Waals surface area contributed by atoms with E-state index in [2.05, 4.69) is 12.1 Å². The number of rotatable bonds is 5. The molecule has 33 heavy (non-hydrogen) atoms. The maximum Gasteiger partial charge on any atom is 0.335 e. The first kappa shape index (κ1) is 22.1. The molecule has 1 unspecified atom stereocenters. The van der Waals surface area contributed by atoms with Crippen molar-refractivity contribution in [1.29, 1.82) is 0 Å². The largest absolute Gasteiger partial charge is 0.490 e. The Balaban J connectivity index is 1.35. The van der Waals surface area contributed by atoms with Crippen LogP contribution in [0.2, 0.25) is 0 Å². The van der Waals surface area contributed by atoms with Crippen LogP contribution in [0, 0.1) is 11.8 Å². The number of carboxylic acid groups (broad SMARTS) is 1. The molecule has 0 saturated heterocycles. The third-order valence-corrected chi connectivity index (χ3v) is 8.10. The minimum Gasteiger partial charge on any atom is -0.490 e. The first-order valence-corrected chi connectivity index (χ1v) is 12.1. The fraction of sp³-hybridized carbons (Fsp3) is 0.464. The summed E-state index contributed by atoms with van der Waals surface area (Å²) in [7, 11) is 0. The molecule has 0 amide bonds. The number of hydrogen-bond acceptors (Lipinski definition) is 3. The number of carboxylic acids is 1. The van der Waals surface area contributed by atoms with Gasteiger partial charge in [0.1, 0.15) is 18.0 Å². The van der Waals surface area contributed by atoms with Crippen LogP contribution >= 0.6 is 0 Å². The van der Waals surface area contributed by atoms with Gasteiger partial charge in [-0.2, -0.15) is 0 Å². The van der Waals surface area contributed by atoms with Crippen LogP contribution in [-0.4, -0.2) is 34.6 Å². The second kappa shape index (κ2) is 8.94. The average molecular weight is 451 g/mol. The van der Waals surface area contributed by atoms with Crippen LogP contribution in [-0.2, 0) is 11.8 Å². The molecule has 2 aromatic carbocycles. The van der Waals surface area contributed by atoms with Gasteiger partial charge in [-0.1, -0.05) is 55.0 Å². The van der Waals surface area contributed by atoms with Crippen molar-refractivity contribution in [1.82, 2.24) is 0 Å². The standard InChI is InChI=1S/C28H31FO4/c29-23-17-25-22(9-4-6-18-10-11-19(27(31)32)16-24(18)33-25)21(23)12-13-26(30)28(14-5-15-28)20-7-2-1-3-8-20/h1-3,7-8,10-13,16,21-23,25-26,30H,4-6,9,14-15,17H2,(H,31,32)/b13-12+/t21-,22-,23-,25+,26?/m1/s1. The molecule has 0 radical (unpaired) electrons. The second-order valence-electron chi connectivity index (χ2n) is 9.87. The van der Waals surface area contributed by atoms with Gasteiger partial charge in [0, 0.05) is 23.7 Å². The number of aliphatic hydroxyl groups excluding tert-OH is 1. The van der Waals surface area contributed by atoms with Crippen LogP contribution in [0.4, 0.5) is 4.39 Å². The molecule has 5 rings (SSSR count). The van der Waals surface area contributed by atoms with Crippen molar-refractivity contribution in [3.8, 4) is 5.75 Å². The Morgan fingerprint density at radius 2 is 1.94 bits per heavy atom. The van der Waals surface area contributed by atoms with E-state index in [1.165, 1.54) is 0 Å². The van der Waals surface area contributed by atoms with Gasteiger partial charge in [-0.05, 0) is 55.4 Å². The van der Waals surface area contributed by atoms with Gasteiger partial charge in [-0.15, -0.1) is 0 Å². The SMILES string of the molecule is O=C(O)c1ccc2c(c1)O[C@H]1C[C@@H](F)[C@H](/C=C/C(O)C3(c4ccccc4)CCC3)[C@H]1CCC2. The van der Waals surface area contributed by atoms with Gasteiger partial charge in [0.15, 0.2) is 0 Å². The number of halogens is 1. The van der Waals surface area contributed by atoms with Crippen LogP contribution in [0.15, 0.2) is 60.7 Å². The van der Waals surface area contributed by atoms with Gasteiger partial charge in [0.05, 0.1) is 11.7 Å². The lowest BCUT2D eigenvalue weighted by Gasteiger charge is -2.45. The summed E-state index contributed by atoms with van der Waals surface area (Å²) in [5.41, 5.74) is 2.05. The predicted molar refractivity (Wildman–Crippen MR) is 124 cm³/mol. The molecule has 2 saturated carbocycles. The van der Waals surface area contributed by atoms with Crippen molar-refractivity contribution in [3.05, 3.63) is 77.4 Å². The molecule has 2 N–H and O–H groups in total. The number of carbonyl (C=O) groups is 1. The van der Waals surface area contributed by atoms with Crippen LogP contribution in [0.3, 0.4) is 0 Å². The maximum absolute atomic E-state index is 15.2. The Hall–Kier alpha value is -2.66. The highest BCUT2D eigenvalue weighted by Gasteiger charge is 2.46. The van der Waals surface area contributed by atoms with Gasteiger partial charge in [0.25, 0.3) is 0 Å². The molecule has 3 aliphatic rings. The van der Waals surface area contributed by atoms with Crippen LogP contribution in [0.1, 0.15) is 60.0 Å². The van der Waals surface area contributed by atoms with E-state index in [0.717, 1.165) is 49.7 Å². The van der Waals surface area contributed by atoms with Crippen LogP contribution in [0.5, 0.6) is 5.75 Å². The van der Waals surface area contributed by atoms with Crippen LogP contribution < -0.4 is 4.74 Å². The normalized spacial score (nSPS) is 29.2. The van der Waals surface area contributed by atoms with E-state index in [4.69, 9.17) is 4.74 Å². The number of aliphatic hydroxyl groups is 1. The van der Waals surface area contributed by atoms with Crippen molar-refractivity contribution in [2.75, 3.05) is 0 Å². The van der Waals surface area contributed by atoms with Gasteiger partial charge >= 0.3 is 5.97 Å². The zero-order valence-electron chi connectivity index (χ0n) is 18.7. The molecule has 174 valence electrons. The smallest absolute Gasteiger partial charge is 0.335 e. The van der Waals surface area contributed by atoms with E-state index >= 15 is 4.39 Å². The monoisotopic (exact) mass is 450 g/mol. The summed E-state index contributed by atoms with van der Waals surface area (Å²) < 4.78 is 21.4. The van der Waals surface area contributed by atoms with Crippen molar-refractivity contribution in [2.45, 2.75) is 68.7 Å². The molecular formula is C28H31FO4. The van der Waals surface area contributed by atoms with Gasteiger partial charge in [0.2, 0.25) is 0 Å². The summed E-state index contributed by atoms with van der Waals surface area (Å²) in [5.74, 6) is -0.715. The predicted octanol–water partition coefficient (Wildman–Crippen LogP) is 5.48. The molecule has 2 fully saturated rings. The molecule has 2 aliphatic carbocycles. The molecule has 0 spiro atoms. The summed E-state index contributed by atoms with van der Waals surface area (Å²) in [6, 6.07) is 15.1. The van der Waals surface area contributed by atoms with Crippen molar-refractivity contribution in [2.24, 2.45) is 11.8 Å². The molecule has 5 heteroatoms. The lowest BCUT2D eigenvalue weighted by molar-refractivity contribution is 0.0618. The first-order valence-electron chi connectivity index (χ1n) is 12.1. The first-order chi connectivity index (χ1) is 16.0. The van der Waals surface area contributed by atoms with Gasteiger partial charge < -0.3 is 14.9 Å². The minimum atomic E-state index is -1.04. The Kier molecular flexibility index (Phi) is 6.00. The van der Waals surface area contributed by atoms with Crippen molar-refractivity contribution in [3.63, 3.8) is 0 Å². The van der Waals surface area contributed by atoms with E-state index < -0.39 is 18.2 Å². The Morgan fingerprint density at radius 3 is 2.64 bits per heavy atom. The molecule has 0 bridgehead atoms.